The molecule has 0 saturated carbocycles. The van der Waals surface area contributed by atoms with Gasteiger partial charge in [-0.25, -0.2) is 4.79 Å². The Labute approximate surface area is 292 Å². The van der Waals surface area contributed by atoms with Gasteiger partial charge in [0.25, 0.3) is 0 Å². The molecule has 0 aliphatic carbocycles. The van der Waals surface area contributed by atoms with E-state index < -0.39 is 24.0 Å². The van der Waals surface area contributed by atoms with Crippen LogP contribution < -0.4 is 26.0 Å². The van der Waals surface area contributed by atoms with E-state index in [-0.39, 0.29) is 30.6 Å². The standard InChI is InChI=1S/C20H22N2O4.C19H22N2O3/c1-3-26-20(25)16-9-11-17(12-10-16)21-14(2)19(24)22-18(23)13-15-7-5-4-6-8-15;1-3-24-17-11-7-10-16(13-17)20-14(2)19(23)21-18(22)12-15-8-5-4-6-9-15/h4-12,14,21H,3,13H2,1-2H3,(H,22,23,24);4-11,13-14,20H,3,12H2,1-2H3,(H,21,22,23)/t2*14-/m00/s1. The highest BCUT2D eigenvalue weighted by atomic mass is 16.5. The third-order valence-electron chi connectivity index (χ3n) is 7.03. The summed E-state index contributed by atoms with van der Waals surface area (Å²) in [5.41, 5.74) is 3.57. The van der Waals surface area contributed by atoms with Gasteiger partial charge in [0, 0.05) is 17.4 Å². The van der Waals surface area contributed by atoms with Gasteiger partial charge in [-0.05, 0) is 75.2 Å². The molecule has 2 atom stereocenters. The summed E-state index contributed by atoms with van der Waals surface area (Å²) in [6.07, 6.45) is 0.326. The zero-order valence-corrected chi connectivity index (χ0v) is 28.7. The van der Waals surface area contributed by atoms with Crippen LogP contribution in [-0.2, 0) is 36.8 Å². The Bertz CT molecular complexity index is 1700. The number of rotatable bonds is 14. The molecule has 4 amide bonds. The quantitative estimate of drug-likeness (QED) is 0.130. The summed E-state index contributed by atoms with van der Waals surface area (Å²) in [6, 6.07) is 31.3. The lowest BCUT2D eigenvalue weighted by Gasteiger charge is -2.15. The number of hydrogen-bond donors (Lipinski definition) is 4. The fourth-order valence-corrected chi connectivity index (χ4v) is 4.53. The Kier molecular flexibility index (Phi) is 15.7. The fourth-order valence-electron chi connectivity index (χ4n) is 4.53. The fraction of sp³-hybridized carbons (Fsp3) is 0.256. The summed E-state index contributed by atoms with van der Waals surface area (Å²) < 4.78 is 10.3. The van der Waals surface area contributed by atoms with Crippen LogP contribution in [0.2, 0.25) is 0 Å². The summed E-state index contributed by atoms with van der Waals surface area (Å²) in [5.74, 6) is -1.11. The van der Waals surface area contributed by atoms with Crippen LogP contribution in [0.15, 0.2) is 109 Å². The molecule has 4 N–H and O–H groups in total. The average molecular weight is 681 g/mol. The number of hydrogen-bond acceptors (Lipinski definition) is 9. The number of amides is 4. The van der Waals surface area contributed by atoms with E-state index >= 15 is 0 Å². The lowest BCUT2D eigenvalue weighted by Crippen LogP contribution is -2.41. The maximum Gasteiger partial charge on any atom is 0.338 e. The van der Waals surface area contributed by atoms with Crippen LogP contribution in [0.25, 0.3) is 0 Å². The maximum absolute atomic E-state index is 12.1. The molecule has 11 nitrogen and oxygen atoms in total. The predicted octanol–water partition coefficient (Wildman–Crippen LogP) is 5.32. The molecule has 262 valence electrons. The Hall–Kier alpha value is -5.97. The third kappa shape index (κ3) is 13.6. The van der Waals surface area contributed by atoms with Crippen LogP contribution in [0.4, 0.5) is 11.4 Å². The summed E-state index contributed by atoms with van der Waals surface area (Å²) >= 11 is 0. The molecule has 0 heterocycles. The molecule has 50 heavy (non-hydrogen) atoms. The Morgan fingerprint density at radius 3 is 1.56 bits per heavy atom. The largest absolute Gasteiger partial charge is 0.494 e. The molecule has 0 aromatic heterocycles. The van der Waals surface area contributed by atoms with E-state index in [2.05, 4.69) is 21.3 Å². The minimum Gasteiger partial charge on any atom is -0.494 e. The smallest absolute Gasteiger partial charge is 0.338 e. The van der Waals surface area contributed by atoms with Crippen molar-refractivity contribution in [2.45, 2.75) is 52.6 Å². The van der Waals surface area contributed by atoms with E-state index in [0.29, 0.717) is 24.5 Å². The second-order valence-corrected chi connectivity index (χ2v) is 11.1. The number of esters is 1. The van der Waals surface area contributed by atoms with Crippen molar-refractivity contribution in [3.8, 4) is 5.75 Å². The van der Waals surface area contributed by atoms with Gasteiger partial charge in [0.2, 0.25) is 23.6 Å². The Morgan fingerprint density at radius 1 is 0.580 bits per heavy atom. The van der Waals surface area contributed by atoms with Crippen molar-refractivity contribution in [2.24, 2.45) is 0 Å². The minimum atomic E-state index is -0.608. The van der Waals surface area contributed by atoms with Crippen molar-refractivity contribution in [1.29, 1.82) is 0 Å². The number of benzene rings is 4. The van der Waals surface area contributed by atoms with Crippen molar-refractivity contribution in [2.75, 3.05) is 23.8 Å². The molecule has 0 radical (unpaired) electrons. The van der Waals surface area contributed by atoms with Crippen LogP contribution in [-0.4, -0.2) is 54.9 Å². The monoisotopic (exact) mass is 680 g/mol. The molecule has 4 aromatic carbocycles. The zero-order valence-electron chi connectivity index (χ0n) is 28.7. The summed E-state index contributed by atoms with van der Waals surface area (Å²) in [7, 11) is 0. The van der Waals surface area contributed by atoms with Gasteiger partial charge in [0.1, 0.15) is 17.8 Å². The number of ether oxygens (including phenoxy) is 2. The van der Waals surface area contributed by atoms with E-state index in [4.69, 9.17) is 9.47 Å². The second-order valence-electron chi connectivity index (χ2n) is 11.1. The van der Waals surface area contributed by atoms with E-state index in [1.165, 1.54) is 0 Å². The molecule has 0 saturated heterocycles. The van der Waals surface area contributed by atoms with Crippen LogP contribution >= 0.6 is 0 Å². The van der Waals surface area contributed by atoms with Crippen molar-refractivity contribution in [1.82, 2.24) is 10.6 Å². The van der Waals surface area contributed by atoms with Gasteiger partial charge in [-0.2, -0.15) is 0 Å². The summed E-state index contributed by atoms with van der Waals surface area (Å²) in [4.78, 5) is 59.8. The first-order chi connectivity index (χ1) is 24.1. The first-order valence-corrected chi connectivity index (χ1v) is 16.4. The second kappa shape index (κ2) is 20.4. The molecule has 0 spiro atoms. The number of carbonyl (C=O) groups excluding carboxylic acids is 5. The maximum atomic E-state index is 12.1. The zero-order chi connectivity index (χ0) is 36.3. The average Bonchev–Trinajstić information content (AvgIpc) is 3.10. The van der Waals surface area contributed by atoms with Crippen LogP contribution in [0.1, 0.15) is 49.2 Å². The highest BCUT2D eigenvalue weighted by molar-refractivity contribution is 6.00. The highest BCUT2D eigenvalue weighted by Crippen LogP contribution is 2.18. The van der Waals surface area contributed by atoms with Crippen LogP contribution in [0, 0.1) is 0 Å². The first-order valence-electron chi connectivity index (χ1n) is 16.4. The SMILES string of the molecule is CCOC(=O)c1ccc(N[C@@H](C)C(=O)NC(=O)Cc2ccccc2)cc1.CCOc1cccc(N[C@@H](C)C(=O)NC(=O)Cc2ccccc2)c1. The number of nitrogens with one attached hydrogen (secondary N) is 4. The topological polar surface area (TPSA) is 152 Å². The molecule has 4 aromatic rings. The van der Waals surface area contributed by atoms with E-state index in [0.717, 1.165) is 22.6 Å². The van der Waals surface area contributed by atoms with Gasteiger partial charge >= 0.3 is 5.97 Å². The number of anilines is 2. The minimum absolute atomic E-state index is 0.146. The number of imide groups is 2. The third-order valence-corrected chi connectivity index (χ3v) is 7.03. The van der Waals surface area contributed by atoms with E-state index in [1.54, 1.807) is 45.0 Å². The van der Waals surface area contributed by atoms with Gasteiger partial charge in [-0.15, -0.1) is 0 Å². The van der Waals surface area contributed by atoms with Gasteiger partial charge < -0.3 is 20.1 Å². The molecule has 0 fully saturated rings. The summed E-state index contributed by atoms with van der Waals surface area (Å²) in [6.45, 7) is 7.91. The molecule has 0 bridgehead atoms. The molecular weight excluding hydrogens is 636 g/mol. The van der Waals surface area contributed by atoms with Crippen LogP contribution in [0.5, 0.6) is 5.75 Å². The van der Waals surface area contributed by atoms with Crippen LogP contribution in [0.3, 0.4) is 0 Å². The number of carbonyl (C=O) groups is 5. The lowest BCUT2D eigenvalue weighted by molar-refractivity contribution is -0.131. The van der Waals surface area contributed by atoms with Crippen molar-refractivity contribution < 1.29 is 33.4 Å². The normalized spacial score (nSPS) is 11.4. The molecule has 0 aliphatic rings. The molecule has 11 heteroatoms. The van der Waals surface area contributed by atoms with E-state index in [1.807, 2.05) is 91.9 Å². The van der Waals surface area contributed by atoms with Gasteiger partial charge in [0.05, 0.1) is 31.6 Å². The Morgan fingerprint density at radius 2 is 1.08 bits per heavy atom. The van der Waals surface area contributed by atoms with Gasteiger partial charge in [0.15, 0.2) is 0 Å². The molecule has 0 unspecified atom stereocenters. The Balaban J connectivity index is 0.000000271. The first kappa shape index (κ1) is 38.5. The van der Waals surface area contributed by atoms with Crippen molar-refractivity contribution in [3.63, 3.8) is 0 Å². The molecule has 0 aliphatic heterocycles. The molecule has 4 rings (SSSR count). The van der Waals surface area contributed by atoms with Gasteiger partial charge in [-0.3, -0.25) is 29.8 Å². The van der Waals surface area contributed by atoms with Crippen molar-refractivity contribution in [3.05, 3.63) is 126 Å². The van der Waals surface area contributed by atoms with Crippen molar-refractivity contribution >= 4 is 41.0 Å². The lowest BCUT2D eigenvalue weighted by atomic mass is 10.1. The predicted molar refractivity (Wildman–Crippen MR) is 193 cm³/mol. The van der Waals surface area contributed by atoms with E-state index in [9.17, 15) is 24.0 Å². The summed E-state index contributed by atoms with van der Waals surface area (Å²) in [5, 5.41) is 10.9. The molecular formula is C39H44N4O7. The van der Waals surface area contributed by atoms with Gasteiger partial charge in [-0.1, -0.05) is 66.7 Å². The highest BCUT2D eigenvalue weighted by Gasteiger charge is 2.17.